The fourth-order valence-corrected chi connectivity index (χ4v) is 6.48. The van der Waals surface area contributed by atoms with Crippen molar-refractivity contribution in [3.05, 3.63) is 60.8 Å². The first-order chi connectivity index (χ1) is 28.1. The smallest absolute Gasteiger partial charge is 0.362 e. The molecule has 0 spiro atoms. The highest BCUT2D eigenvalue weighted by Crippen LogP contribution is 2.13. The second-order valence-electron chi connectivity index (χ2n) is 16.7. The average molecular weight is 815 g/mol. The molecule has 0 saturated carbocycles. The molecule has 2 atom stereocenters. The summed E-state index contributed by atoms with van der Waals surface area (Å²) in [7, 11) is 5.52. The minimum absolute atomic E-state index is 0.0491. The normalized spacial score (nSPS) is 13.5. The highest BCUT2D eigenvalue weighted by molar-refractivity contribution is 5.72. The van der Waals surface area contributed by atoms with Crippen molar-refractivity contribution in [3.8, 4) is 0 Å². The van der Waals surface area contributed by atoms with Gasteiger partial charge < -0.3 is 23.8 Å². The number of carboxylic acids is 1. The third-order valence-corrected chi connectivity index (χ3v) is 10.1. The third kappa shape index (κ3) is 38.5. The van der Waals surface area contributed by atoms with Crippen LogP contribution in [-0.2, 0) is 28.6 Å². The molecule has 0 rings (SSSR count). The Morgan fingerprint density at radius 1 is 0.517 bits per heavy atom. The van der Waals surface area contributed by atoms with E-state index in [1.807, 2.05) is 21.1 Å². The molecule has 0 radical (unpaired) electrons. The molecular formula is C50H88NO7+. The second-order valence-corrected chi connectivity index (χ2v) is 16.7. The summed E-state index contributed by atoms with van der Waals surface area (Å²) < 4.78 is 17.3. The van der Waals surface area contributed by atoms with Gasteiger partial charge in [-0.05, 0) is 83.5 Å². The van der Waals surface area contributed by atoms with E-state index < -0.39 is 18.1 Å². The molecule has 2 unspecified atom stereocenters. The van der Waals surface area contributed by atoms with Gasteiger partial charge in [-0.2, -0.15) is 0 Å². The highest BCUT2D eigenvalue weighted by Gasteiger charge is 2.31. The average Bonchev–Trinajstić information content (AvgIpc) is 3.18. The van der Waals surface area contributed by atoms with Gasteiger partial charge >= 0.3 is 17.9 Å². The van der Waals surface area contributed by atoms with Crippen LogP contribution < -0.4 is 0 Å². The molecule has 0 aromatic rings. The lowest BCUT2D eigenvalue weighted by Gasteiger charge is -2.31. The number of ether oxygens (including phenoxy) is 3. The van der Waals surface area contributed by atoms with Crippen LogP contribution in [-0.4, -0.2) is 80.6 Å². The lowest BCUT2D eigenvalue weighted by Crippen LogP contribution is -2.50. The van der Waals surface area contributed by atoms with Crippen molar-refractivity contribution in [1.29, 1.82) is 0 Å². The predicted molar refractivity (Wildman–Crippen MR) is 243 cm³/mol. The van der Waals surface area contributed by atoms with Crippen molar-refractivity contribution in [2.75, 3.05) is 41.0 Å². The van der Waals surface area contributed by atoms with E-state index in [2.05, 4.69) is 74.6 Å². The molecule has 1 N–H and O–H groups in total. The Morgan fingerprint density at radius 3 is 1.34 bits per heavy atom. The number of hydrogen-bond donors (Lipinski definition) is 1. The van der Waals surface area contributed by atoms with E-state index in [-0.39, 0.29) is 36.2 Å². The SMILES string of the molecule is CCCCC/C=C\C/C=C\C/C=C\CCCCCCCCC(=O)OC(COCCC(C(=O)O)[N+](C)(C)C)COC(=O)CCCCCCC/C=C\C/C=C\CCCCC. The van der Waals surface area contributed by atoms with Crippen LogP contribution in [0.25, 0.3) is 0 Å². The van der Waals surface area contributed by atoms with E-state index in [4.69, 9.17) is 14.2 Å². The summed E-state index contributed by atoms with van der Waals surface area (Å²) in [6.45, 7) is 4.65. The first-order valence-corrected chi connectivity index (χ1v) is 23.3. The first kappa shape index (κ1) is 55.0. The molecule has 0 aromatic heterocycles. The van der Waals surface area contributed by atoms with Crippen LogP contribution in [0.5, 0.6) is 0 Å². The van der Waals surface area contributed by atoms with Crippen LogP contribution in [0.3, 0.4) is 0 Å². The maximum Gasteiger partial charge on any atom is 0.362 e. The fourth-order valence-electron chi connectivity index (χ4n) is 6.48. The maximum atomic E-state index is 12.7. The first-order valence-electron chi connectivity index (χ1n) is 23.3. The van der Waals surface area contributed by atoms with Crippen LogP contribution in [0, 0.1) is 0 Å². The molecule has 0 amide bonds. The number of carbonyl (C=O) groups is 3. The third-order valence-electron chi connectivity index (χ3n) is 10.1. The summed E-state index contributed by atoms with van der Waals surface area (Å²) in [5.41, 5.74) is 0. The van der Waals surface area contributed by atoms with Crippen molar-refractivity contribution in [2.24, 2.45) is 0 Å². The molecule has 8 nitrogen and oxygen atoms in total. The van der Waals surface area contributed by atoms with E-state index in [0.29, 0.717) is 19.3 Å². The Labute approximate surface area is 356 Å². The lowest BCUT2D eigenvalue weighted by atomic mass is 10.1. The number of allylic oxidation sites excluding steroid dienone is 10. The lowest BCUT2D eigenvalue weighted by molar-refractivity contribution is -0.887. The minimum Gasteiger partial charge on any atom is -0.477 e. The van der Waals surface area contributed by atoms with Crippen molar-refractivity contribution in [1.82, 2.24) is 0 Å². The van der Waals surface area contributed by atoms with E-state index in [1.165, 1.54) is 64.2 Å². The summed E-state index contributed by atoms with van der Waals surface area (Å²) in [4.78, 5) is 37.0. The number of likely N-dealkylation sites (N-methyl/N-ethyl adjacent to an activating group) is 1. The molecule has 0 bridgehead atoms. The van der Waals surface area contributed by atoms with Gasteiger partial charge in [-0.25, -0.2) is 4.79 Å². The van der Waals surface area contributed by atoms with Crippen LogP contribution >= 0.6 is 0 Å². The molecule has 0 aromatic carbocycles. The fraction of sp³-hybridized carbons (Fsp3) is 0.740. The summed E-state index contributed by atoms with van der Waals surface area (Å²) in [5, 5.41) is 9.63. The minimum atomic E-state index is -0.881. The highest BCUT2D eigenvalue weighted by atomic mass is 16.6. The number of carbonyl (C=O) groups excluding carboxylic acids is 2. The zero-order valence-electron chi connectivity index (χ0n) is 38.0. The summed E-state index contributed by atoms with van der Waals surface area (Å²) in [6.07, 6.45) is 49.7. The van der Waals surface area contributed by atoms with Gasteiger partial charge in [0.05, 0.1) is 34.4 Å². The standard InChI is InChI=1S/C50H87NO7/c1-6-8-10-12-14-16-18-20-22-23-24-25-27-29-31-33-35-37-39-41-49(53)58-46(44-56-43-42-47(50(54)55)51(3,4)5)45-57-48(52)40-38-36-34-32-30-28-26-21-19-17-15-13-11-9-7-2/h14-17,20-22,24-26,46-47H,6-13,18-19,23,27-45H2,1-5H3/p+1/b16-14-,17-15-,22-20-,25-24-,26-21-. The van der Waals surface area contributed by atoms with Crippen LogP contribution in [0.1, 0.15) is 187 Å². The monoisotopic (exact) mass is 815 g/mol. The molecular weight excluding hydrogens is 727 g/mol. The molecule has 0 aliphatic rings. The molecule has 0 aliphatic heterocycles. The zero-order valence-corrected chi connectivity index (χ0v) is 38.0. The van der Waals surface area contributed by atoms with Crippen LogP contribution in [0.4, 0.5) is 0 Å². The molecule has 58 heavy (non-hydrogen) atoms. The molecule has 334 valence electrons. The zero-order chi connectivity index (χ0) is 42.8. The number of unbranched alkanes of at least 4 members (excludes halogenated alkanes) is 17. The van der Waals surface area contributed by atoms with Gasteiger partial charge in [0, 0.05) is 19.3 Å². The Kier molecular flexibility index (Phi) is 38.7. The summed E-state index contributed by atoms with van der Waals surface area (Å²) in [6, 6.07) is -0.621. The number of rotatable bonds is 41. The largest absolute Gasteiger partial charge is 0.477 e. The summed E-state index contributed by atoms with van der Waals surface area (Å²) in [5.74, 6) is -1.50. The van der Waals surface area contributed by atoms with E-state index in [1.54, 1.807) is 0 Å². The number of carboxylic acid groups (broad SMARTS) is 1. The number of quaternary nitrogens is 1. The molecule has 0 saturated heterocycles. The number of hydrogen-bond acceptors (Lipinski definition) is 6. The van der Waals surface area contributed by atoms with Crippen molar-refractivity contribution < 1.29 is 38.2 Å². The molecule has 8 heteroatoms. The van der Waals surface area contributed by atoms with Gasteiger partial charge in [0.25, 0.3) is 0 Å². The quantitative estimate of drug-likeness (QED) is 0.0284. The Morgan fingerprint density at radius 2 is 0.914 bits per heavy atom. The maximum absolute atomic E-state index is 12.7. The van der Waals surface area contributed by atoms with Crippen LogP contribution in [0.15, 0.2) is 60.8 Å². The van der Waals surface area contributed by atoms with Gasteiger partial charge in [-0.1, -0.05) is 145 Å². The van der Waals surface area contributed by atoms with Gasteiger partial charge in [0.1, 0.15) is 6.61 Å². The van der Waals surface area contributed by atoms with Gasteiger partial charge in [0.2, 0.25) is 0 Å². The number of esters is 2. The Hall–Kier alpha value is -2.97. The van der Waals surface area contributed by atoms with Gasteiger partial charge in [-0.3, -0.25) is 9.59 Å². The van der Waals surface area contributed by atoms with Crippen molar-refractivity contribution in [2.45, 2.75) is 199 Å². The Bertz CT molecular complexity index is 1130. The van der Waals surface area contributed by atoms with E-state index in [9.17, 15) is 19.5 Å². The van der Waals surface area contributed by atoms with Gasteiger partial charge in [-0.15, -0.1) is 0 Å². The second kappa shape index (κ2) is 40.8. The molecule has 0 aliphatic carbocycles. The van der Waals surface area contributed by atoms with Crippen LogP contribution in [0.2, 0.25) is 0 Å². The topological polar surface area (TPSA) is 99.1 Å². The predicted octanol–water partition coefficient (Wildman–Crippen LogP) is 13.0. The Balaban J connectivity index is 4.37. The van der Waals surface area contributed by atoms with Crippen molar-refractivity contribution in [3.63, 3.8) is 0 Å². The molecule has 0 fully saturated rings. The number of nitrogens with zero attached hydrogens (tertiary/aromatic N) is 1. The molecule has 0 heterocycles. The number of aliphatic carboxylic acids is 1. The summed E-state index contributed by atoms with van der Waals surface area (Å²) >= 11 is 0. The van der Waals surface area contributed by atoms with E-state index in [0.717, 1.165) is 89.9 Å². The van der Waals surface area contributed by atoms with Gasteiger partial charge in [0.15, 0.2) is 12.1 Å². The van der Waals surface area contributed by atoms with Crippen molar-refractivity contribution >= 4 is 17.9 Å². The van der Waals surface area contributed by atoms with E-state index >= 15 is 0 Å².